The number of hydrogen-bond donors (Lipinski definition) is 1. The molecule has 0 radical (unpaired) electrons. The highest BCUT2D eigenvalue weighted by Gasteiger charge is 2.49. The fourth-order valence-corrected chi connectivity index (χ4v) is 6.87. The van der Waals surface area contributed by atoms with Crippen molar-refractivity contribution in [1.29, 1.82) is 0 Å². The number of H-pyrrole nitrogens is 1. The van der Waals surface area contributed by atoms with Gasteiger partial charge in [0.2, 0.25) is 11.5 Å². The molecule has 1 aliphatic carbocycles. The molecule has 5 rings (SSSR count). The zero-order valence-electron chi connectivity index (χ0n) is 17.5. The first kappa shape index (κ1) is 19.3. The minimum atomic E-state index is -0.0341. The van der Waals surface area contributed by atoms with Gasteiger partial charge in [-0.1, -0.05) is 38.2 Å². The van der Waals surface area contributed by atoms with Gasteiger partial charge in [-0.3, -0.25) is 14.5 Å². The van der Waals surface area contributed by atoms with E-state index in [9.17, 15) is 9.59 Å². The standard InChI is InChI=1S/C24H35N3O2/c28-23-10-9-18(13-25-23)14-26-15-19-12-20(16-26)22(11-17-5-2-1-3-6-17)27-21(19)7-4-8-24(27)29/h9-10,13,17,19-22H,1-8,11-12,14-16H2,(H,25,28)/t19-,20+,21+,22+/m1/s1. The molecule has 0 spiro atoms. The number of carbonyl (C=O) groups is 1. The van der Waals surface area contributed by atoms with Gasteiger partial charge < -0.3 is 9.88 Å². The smallest absolute Gasteiger partial charge is 0.247 e. The molecule has 4 aliphatic rings. The van der Waals surface area contributed by atoms with Gasteiger partial charge in [0.05, 0.1) is 0 Å². The van der Waals surface area contributed by atoms with Crippen LogP contribution in [0.25, 0.3) is 0 Å². The molecular formula is C24H35N3O2. The molecule has 3 aliphatic heterocycles. The van der Waals surface area contributed by atoms with Crippen LogP contribution in [0.15, 0.2) is 23.1 Å². The van der Waals surface area contributed by atoms with E-state index in [0.29, 0.717) is 29.8 Å². The van der Waals surface area contributed by atoms with Crippen LogP contribution in [0, 0.1) is 17.8 Å². The lowest BCUT2D eigenvalue weighted by Crippen LogP contribution is -2.65. The minimum Gasteiger partial charge on any atom is -0.336 e. The second kappa shape index (κ2) is 8.25. The van der Waals surface area contributed by atoms with E-state index >= 15 is 0 Å². The summed E-state index contributed by atoms with van der Waals surface area (Å²) in [7, 11) is 0. The average Bonchev–Trinajstić information content (AvgIpc) is 2.74. The molecule has 158 valence electrons. The number of nitrogens with one attached hydrogen (secondary N) is 1. The summed E-state index contributed by atoms with van der Waals surface area (Å²) in [6, 6.07) is 4.50. The highest BCUT2D eigenvalue weighted by molar-refractivity contribution is 5.78. The van der Waals surface area contributed by atoms with Crippen molar-refractivity contribution in [3.05, 3.63) is 34.2 Å². The zero-order valence-corrected chi connectivity index (χ0v) is 17.5. The van der Waals surface area contributed by atoms with Gasteiger partial charge in [0, 0.05) is 50.4 Å². The second-order valence-electron chi connectivity index (χ2n) is 10.1. The van der Waals surface area contributed by atoms with Crippen LogP contribution in [0.2, 0.25) is 0 Å². The fourth-order valence-electron chi connectivity index (χ4n) is 6.87. The molecule has 1 amide bonds. The van der Waals surface area contributed by atoms with Crippen LogP contribution >= 0.6 is 0 Å². The summed E-state index contributed by atoms with van der Waals surface area (Å²) in [4.78, 5) is 32.2. The van der Waals surface area contributed by atoms with Crippen LogP contribution in [0.5, 0.6) is 0 Å². The van der Waals surface area contributed by atoms with Crippen molar-refractivity contribution in [2.24, 2.45) is 17.8 Å². The molecule has 4 heterocycles. The molecular weight excluding hydrogens is 362 g/mol. The molecule has 1 aromatic heterocycles. The summed E-state index contributed by atoms with van der Waals surface area (Å²) in [6.45, 7) is 3.07. The Morgan fingerprint density at radius 3 is 2.59 bits per heavy atom. The fraction of sp³-hybridized carbons (Fsp3) is 0.750. The Labute approximate surface area is 173 Å². The van der Waals surface area contributed by atoms with Crippen molar-refractivity contribution in [2.75, 3.05) is 13.1 Å². The summed E-state index contributed by atoms with van der Waals surface area (Å²) in [5.74, 6) is 2.47. The molecule has 2 bridgehead atoms. The van der Waals surface area contributed by atoms with Crippen LogP contribution in [0.3, 0.4) is 0 Å². The number of hydrogen-bond acceptors (Lipinski definition) is 3. The maximum absolute atomic E-state index is 13.0. The Balaban J connectivity index is 1.35. The van der Waals surface area contributed by atoms with Gasteiger partial charge in [0.1, 0.15) is 0 Å². The first-order valence-electron chi connectivity index (χ1n) is 11.9. The maximum Gasteiger partial charge on any atom is 0.247 e. The van der Waals surface area contributed by atoms with Gasteiger partial charge in [-0.25, -0.2) is 0 Å². The zero-order chi connectivity index (χ0) is 19.8. The number of piperidine rings is 3. The van der Waals surface area contributed by atoms with E-state index in [4.69, 9.17) is 0 Å². The third-order valence-electron chi connectivity index (χ3n) is 8.13. The number of pyridine rings is 1. The first-order valence-corrected chi connectivity index (χ1v) is 11.9. The van der Waals surface area contributed by atoms with E-state index in [1.807, 2.05) is 12.3 Å². The van der Waals surface area contributed by atoms with Crippen molar-refractivity contribution < 1.29 is 4.79 Å². The average molecular weight is 398 g/mol. The number of likely N-dealkylation sites (tertiary alicyclic amines) is 1. The Kier molecular flexibility index (Phi) is 5.51. The number of carbonyl (C=O) groups excluding carboxylic acids is 1. The Morgan fingerprint density at radius 1 is 0.966 bits per heavy atom. The summed E-state index contributed by atoms with van der Waals surface area (Å²) in [6.07, 6.45) is 14.3. The molecule has 1 saturated carbocycles. The lowest BCUT2D eigenvalue weighted by atomic mass is 9.69. The Hall–Kier alpha value is -1.62. The van der Waals surface area contributed by atoms with Gasteiger partial charge in [0.15, 0.2) is 0 Å². The number of nitrogens with zero attached hydrogens (tertiary/aromatic N) is 2. The molecule has 1 aromatic rings. The number of amides is 1. The van der Waals surface area contributed by atoms with E-state index in [0.717, 1.165) is 38.4 Å². The molecule has 3 saturated heterocycles. The van der Waals surface area contributed by atoms with Crippen molar-refractivity contribution in [1.82, 2.24) is 14.8 Å². The third kappa shape index (κ3) is 4.03. The topological polar surface area (TPSA) is 56.4 Å². The van der Waals surface area contributed by atoms with E-state index in [-0.39, 0.29) is 5.56 Å². The second-order valence-corrected chi connectivity index (χ2v) is 10.1. The highest BCUT2D eigenvalue weighted by Crippen LogP contribution is 2.44. The SMILES string of the molecule is O=C1CCC[C@H]2[C@@H]3C[C@@H](CN(Cc4ccc(=O)[nH]c4)C3)[C@H](CC3CCCCC3)N12. The van der Waals surface area contributed by atoms with Crippen molar-refractivity contribution >= 4 is 5.91 Å². The van der Waals surface area contributed by atoms with Crippen molar-refractivity contribution in [3.8, 4) is 0 Å². The third-order valence-corrected chi connectivity index (χ3v) is 8.13. The Bertz CT molecular complexity index is 764. The predicted octanol–water partition coefficient (Wildman–Crippen LogP) is 3.55. The first-order chi connectivity index (χ1) is 14.2. The van der Waals surface area contributed by atoms with Crippen LogP contribution in [0.1, 0.15) is 69.8 Å². The summed E-state index contributed by atoms with van der Waals surface area (Å²) in [5, 5.41) is 0. The van der Waals surface area contributed by atoms with Gasteiger partial charge in [-0.05, 0) is 49.0 Å². The van der Waals surface area contributed by atoms with Crippen LogP contribution < -0.4 is 5.56 Å². The lowest BCUT2D eigenvalue weighted by molar-refractivity contribution is -0.154. The normalized spacial score (nSPS) is 33.5. The van der Waals surface area contributed by atoms with E-state index in [1.165, 1.54) is 56.9 Å². The summed E-state index contributed by atoms with van der Waals surface area (Å²) < 4.78 is 0. The Morgan fingerprint density at radius 2 is 1.79 bits per heavy atom. The molecule has 5 heteroatoms. The monoisotopic (exact) mass is 397 g/mol. The molecule has 29 heavy (non-hydrogen) atoms. The molecule has 0 aromatic carbocycles. The van der Waals surface area contributed by atoms with E-state index < -0.39 is 0 Å². The summed E-state index contributed by atoms with van der Waals surface area (Å²) >= 11 is 0. The van der Waals surface area contributed by atoms with Crippen molar-refractivity contribution in [2.45, 2.75) is 82.8 Å². The lowest BCUT2D eigenvalue weighted by Gasteiger charge is -2.57. The maximum atomic E-state index is 13.0. The van der Waals surface area contributed by atoms with E-state index in [2.05, 4.69) is 14.8 Å². The van der Waals surface area contributed by atoms with Crippen LogP contribution in [0.4, 0.5) is 0 Å². The molecule has 1 N–H and O–H groups in total. The molecule has 4 fully saturated rings. The van der Waals surface area contributed by atoms with E-state index in [1.54, 1.807) is 6.07 Å². The highest BCUT2D eigenvalue weighted by atomic mass is 16.2. The van der Waals surface area contributed by atoms with Gasteiger partial charge in [-0.15, -0.1) is 0 Å². The molecule has 0 unspecified atom stereocenters. The minimum absolute atomic E-state index is 0.0341. The largest absolute Gasteiger partial charge is 0.336 e. The molecule has 4 atom stereocenters. The quantitative estimate of drug-likeness (QED) is 0.845. The number of fused-ring (bicyclic) bond motifs is 4. The van der Waals surface area contributed by atoms with Crippen LogP contribution in [-0.4, -0.2) is 45.9 Å². The number of aromatic amines is 1. The molecule has 5 nitrogen and oxygen atoms in total. The van der Waals surface area contributed by atoms with Gasteiger partial charge in [-0.2, -0.15) is 0 Å². The van der Waals surface area contributed by atoms with Gasteiger partial charge in [0.25, 0.3) is 0 Å². The number of aromatic nitrogens is 1. The van der Waals surface area contributed by atoms with Crippen LogP contribution in [-0.2, 0) is 11.3 Å². The van der Waals surface area contributed by atoms with Gasteiger partial charge >= 0.3 is 0 Å². The predicted molar refractivity (Wildman–Crippen MR) is 113 cm³/mol. The van der Waals surface area contributed by atoms with Crippen molar-refractivity contribution in [3.63, 3.8) is 0 Å². The number of rotatable bonds is 4. The summed E-state index contributed by atoms with van der Waals surface area (Å²) in [5.41, 5.74) is 1.15.